The first kappa shape index (κ1) is 28.6. The van der Waals surface area contributed by atoms with Crippen molar-refractivity contribution in [3.05, 3.63) is 95.0 Å². The van der Waals surface area contributed by atoms with Crippen LogP contribution in [0.2, 0.25) is 5.02 Å². The minimum atomic E-state index is -0.406. The summed E-state index contributed by atoms with van der Waals surface area (Å²) in [6.45, 7) is 4.45. The van der Waals surface area contributed by atoms with Crippen molar-refractivity contribution >= 4 is 35.1 Å². The van der Waals surface area contributed by atoms with Gasteiger partial charge in [-0.15, -0.1) is 0 Å². The lowest BCUT2D eigenvalue weighted by Gasteiger charge is -2.28. The zero-order valence-electron chi connectivity index (χ0n) is 23.4. The van der Waals surface area contributed by atoms with Crippen LogP contribution in [0.1, 0.15) is 27.1 Å². The number of nitrogen functional groups attached to an aromatic ring is 1. The first-order chi connectivity index (χ1) is 20.9. The fourth-order valence-electron chi connectivity index (χ4n) is 5.50. The summed E-state index contributed by atoms with van der Waals surface area (Å²) in [6, 6.07) is 16.7. The van der Waals surface area contributed by atoms with E-state index in [9.17, 15) is 14.0 Å². The molecule has 0 saturated carbocycles. The Bertz CT molecular complexity index is 1660. The molecule has 2 aromatic carbocycles. The Kier molecular flexibility index (Phi) is 8.22. The summed E-state index contributed by atoms with van der Waals surface area (Å²) in [7, 11) is 0. The molecule has 1 atom stereocenters. The molecule has 0 radical (unpaired) electrons. The van der Waals surface area contributed by atoms with E-state index in [4.69, 9.17) is 17.3 Å². The molecule has 0 bridgehead atoms. The predicted octanol–water partition coefficient (Wildman–Crippen LogP) is 4.24. The summed E-state index contributed by atoms with van der Waals surface area (Å²) in [5, 5.41) is 6.68. The maximum atomic E-state index is 13.4. The van der Waals surface area contributed by atoms with Gasteiger partial charge in [-0.25, -0.2) is 14.4 Å². The van der Waals surface area contributed by atoms with E-state index < -0.39 is 5.82 Å². The highest BCUT2D eigenvalue weighted by Crippen LogP contribution is 2.29. The summed E-state index contributed by atoms with van der Waals surface area (Å²) < 4.78 is 13.4. The maximum absolute atomic E-state index is 13.4. The predicted molar refractivity (Wildman–Crippen MR) is 166 cm³/mol. The Balaban J connectivity index is 1.10. The van der Waals surface area contributed by atoms with Crippen molar-refractivity contribution in [1.29, 1.82) is 0 Å². The van der Waals surface area contributed by atoms with Gasteiger partial charge in [-0.1, -0.05) is 23.7 Å². The minimum absolute atomic E-state index is 0.130. The van der Waals surface area contributed by atoms with E-state index >= 15 is 0 Å². The molecule has 0 aliphatic carbocycles. The number of hydrogen-bond acceptors (Lipinski definition) is 7. The number of carbonyl (C=O) groups is 2. The minimum Gasteiger partial charge on any atom is -0.383 e. The topological polar surface area (TPSA) is 116 Å². The SMILES string of the molecule is Nc1ncc(-c2ccnc(N3CCNCC3)c2)cc1C(=O)N[C@@H]1CCN(C(=O)c2ccc(-c3ccc(F)cc3Cl)cc2)C1. The fraction of sp³-hybridized carbons (Fsp3) is 0.250. The fourth-order valence-corrected chi connectivity index (χ4v) is 5.78. The number of halogens is 2. The Morgan fingerprint density at radius 1 is 0.953 bits per heavy atom. The number of nitrogens with zero attached hydrogens (tertiary/aromatic N) is 4. The van der Waals surface area contributed by atoms with Crippen LogP contribution in [0.5, 0.6) is 0 Å². The first-order valence-electron chi connectivity index (χ1n) is 14.2. The van der Waals surface area contributed by atoms with Gasteiger partial charge in [0, 0.05) is 74.4 Å². The van der Waals surface area contributed by atoms with Gasteiger partial charge < -0.3 is 26.2 Å². The lowest BCUT2D eigenvalue weighted by atomic mass is 10.0. The monoisotopic (exact) mass is 599 g/mol. The first-order valence-corrected chi connectivity index (χ1v) is 14.6. The molecule has 2 aliphatic heterocycles. The van der Waals surface area contributed by atoms with Crippen LogP contribution < -0.4 is 21.3 Å². The molecule has 43 heavy (non-hydrogen) atoms. The van der Waals surface area contributed by atoms with Gasteiger partial charge in [0.15, 0.2) is 0 Å². The maximum Gasteiger partial charge on any atom is 0.255 e. The standard InChI is InChI=1S/C32H31ClFN7O2/c33-28-17-24(34)5-6-26(28)20-1-3-21(4-2-20)32(43)41-12-8-25(19-41)39-31(42)27-15-23(18-38-30(27)35)22-7-9-37-29(16-22)40-13-10-36-11-14-40/h1-7,9,15-18,25,36H,8,10-14,19H2,(H2,35,38)(H,39,42)/t25-/m1/s1. The third-order valence-electron chi connectivity index (χ3n) is 7.87. The Morgan fingerprint density at radius 3 is 2.51 bits per heavy atom. The van der Waals surface area contributed by atoms with E-state index in [0.29, 0.717) is 35.7 Å². The number of aromatic nitrogens is 2. The van der Waals surface area contributed by atoms with Crippen molar-refractivity contribution < 1.29 is 14.0 Å². The van der Waals surface area contributed by atoms with Crippen LogP contribution >= 0.6 is 11.6 Å². The van der Waals surface area contributed by atoms with E-state index in [2.05, 4.69) is 25.5 Å². The number of carbonyl (C=O) groups excluding carboxylic acids is 2. The van der Waals surface area contributed by atoms with Crippen molar-refractivity contribution in [2.75, 3.05) is 49.9 Å². The van der Waals surface area contributed by atoms with Gasteiger partial charge in [0.05, 0.1) is 10.6 Å². The Labute approximate surface area is 253 Å². The molecule has 0 unspecified atom stereocenters. The van der Waals surface area contributed by atoms with Crippen LogP contribution in [0.25, 0.3) is 22.3 Å². The molecule has 220 valence electrons. The molecule has 0 spiro atoms. The second-order valence-corrected chi connectivity index (χ2v) is 11.1. The summed E-state index contributed by atoms with van der Waals surface area (Å²) in [6.07, 6.45) is 4.04. The molecule has 4 aromatic rings. The number of anilines is 2. The number of piperazine rings is 1. The Hall–Kier alpha value is -4.54. The van der Waals surface area contributed by atoms with Crippen LogP contribution in [0, 0.1) is 5.82 Å². The van der Waals surface area contributed by atoms with Crippen molar-refractivity contribution in [1.82, 2.24) is 25.5 Å². The molecule has 2 aromatic heterocycles. The number of hydrogen-bond donors (Lipinski definition) is 3. The molecule has 4 heterocycles. The van der Waals surface area contributed by atoms with E-state index in [-0.39, 0.29) is 29.2 Å². The molecule has 11 heteroatoms. The second kappa shape index (κ2) is 12.4. The Morgan fingerprint density at radius 2 is 1.74 bits per heavy atom. The molecule has 2 fully saturated rings. The third kappa shape index (κ3) is 6.30. The molecule has 2 amide bonds. The smallest absolute Gasteiger partial charge is 0.255 e. The van der Waals surface area contributed by atoms with Gasteiger partial charge in [0.1, 0.15) is 17.5 Å². The molecular weight excluding hydrogens is 569 g/mol. The number of nitrogens with one attached hydrogen (secondary N) is 2. The van der Waals surface area contributed by atoms with E-state index in [1.807, 2.05) is 12.1 Å². The zero-order chi connectivity index (χ0) is 29.9. The van der Waals surface area contributed by atoms with Gasteiger partial charge in [-0.3, -0.25) is 9.59 Å². The highest BCUT2D eigenvalue weighted by molar-refractivity contribution is 6.33. The van der Waals surface area contributed by atoms with E-state index in [1.54, 1.807) is 53.7 Å². The van der Waals surface area contributed by atoms with Crippen LogP contribution in [0.4, 0.5) is 16.0 Å². The second-order valence-electron chi connectivity index (χ2n) is 10.7. The normalized spacial score (nSPS) is 16.7. The molecule has 9 nitrogen and oxygen atoms in total. The van der Waals surface area contributed by atoms with E-state index in [0.717, 1.165) is 48.7 Å². The summed E-state index contributed by atoms with van der Waals surface area (Å²) in [5.74, 6) is 0.158. The number of rotatable bonds is 6. The third-order valence-corrected chi connectivity index (χ3v) is 8.18. The number of likely N-dealkylation sites (tertiary alicyclic amines) is 1. The molecular formula is C32H31ClFN7O2. The lowest BCUT2D eigenvalue weighted by Crippen LogP contribution is -2.43. The van der Waals surface area contributed by atoms with Gasteiger partial charge in [-0.05, 0) is 66.1 Å². The summed E-state index contributed by atoms with van der Waals surface area (Å²) >= 11 is 6.19. The van der Waals surface area contributed by atoms with Gasteiger partial charge in [0.2, 0.25) is 0 Å². The van der Waals surface area contributed by atoms with Crippen molar-refractivity contribution in [3.8, 4) is 22.3 Å². The van der Waals surface area contributed by atoms with Crippen LogP contribution in [-0.4, -0.2) is 72.0 Å². The summed E-state index contributed by atoms with van der Waals surface area (Å²) in [4.78, 5) is 39.3. The number of nitrogens with two attached hydrogens (primary N) is 1. The quantitative estimate of drug-likeness (QED) is 0.304. The largest absolute Gasteiger partial charge is 0.383 e. The average Bonchev–Trinajstić information content (AvgIpc) is 3.50. The number of pyridine rings is 2. The van der Waals surface area contributed by atoms with Crippen LogP contribution in [0.15, 0.2) is 73.1 Å². The lowest BCUT2D eigenvalue weighted by molar-refractivity contribution is 0.0783. The van der Waals surface area contributed by atoms with Crippen LogP contribution in [-0.2, 0) is 0 Å². The highest BCUT2D eigenvalue weighted by Gasteiger charge is 2.29. The average molecular weight is 600 g/mol. The van der Waals surface area contributed by atoms with Crippen molar-refractivity contribution in [2.45, 2.75) is 12.5 Å². The number of amides is 2. The summed E-state index contributed by atoms with van der Waals surface area (Å²) in [5.41, 5.74) is 10.1. The number of benzene rings is 2. The molecule has 6 rings (SSSR count). The van der Waals surface area contributed by atoms with Crippen LogP contribution in [0.3, 0.4) is 0 Å². The molecule has 4 N–H and O–H groups in total. The zero-order valence-corrected chi connectivity index (χ0v) is 24.1. The molecule has 2 aliphatic rings. The molecule has 2 saturated heterocycles. The van der Waals surface area contributed by atoms with Crippen molar-refractivity contribution in [3.63, 3.8) is 0 Å². The van der Waals surface area contributed by atoms with Gasteiger partial charge >= 0.3 is 0 Å². The van der Waals surface area contributed by atoms with Gasteiger partial charge in [-0.2, -0.15) is 0 Å². The van der Waals surface area contributed by atoms with E-state index in [1.165, 1.54) is 12.1 Å². The highest BCUT2D eigenvalue weighted by atomic mass is 35.5. The van der Waals surface area contributed by atoms with Gasteiger partial charge in [0.25, 0.3) is 11.8 Å². The van der Waals surface area contributed by atoms with Crippen molar-refractivity contribution in [2.24, 2.45) is 0 Å².